The second-order valence-corrected chi connectivity index (χ2v) is 16.3. The summed E-state index contributed by atoms with van der Waals surface area (Å²) >= 11 is 0. The molecular formula is C44H83O8P. The van der Waals surface area contributed by atoms with Gasteiger partial charge in [0, 0.05) is 12.8 Å². The Balaban J connectivity index is 3.89. The molecule has 1 unspecified atom stereocenters. The van der Waals surface area contributed by atoms with Gasteiger partial charge in [0.15, 0.2) is 6.10 Å². The standard InChI is InChI=1S/C44H83O8P/c1-3-5-7-9-11-13-15-17-19-21-23-25-27-29-31-33-35-37-39-44(46)52-42(41-51-53(47,48)49)40-50-43(45)38-36-34-32-30-28-26-24-22-20-18-16-14-12-10-8-6-4-2/h18-21,42H,3-17,22-41H2,1-2H3,(H2,47,48,49)/b20-18-,21-19-. The lowest BCUT2D eigenvalue weighted by Crippen LogP contribution is -2.29. The van der Waals surface area contributed by atoms with E-state index in [2.05, 4.69) is 42.7 Å². The highest BCUT2D eigenvalue weighted by Crippen LogP contribution is 2.36. The molecular weight excluding hydrogens is 687 g/mol. The number of esters is 2. The summed E-state index contributed by atoms with van der Waals surface area (Å²) in [4.78, 5) is 42.9. The van der Waals surface area contributed by atoms with E-state index in [1.165, 1.54) is 135 Å². The van der Waals surface area contributed by atoms with E-state index in [4.69, 9.17) is 19.3 Å². The van der Waals surface area contributed by atoms with Gasteiger partial charge < -0.3 is 19.3 Å². The van der Waals surface area contributed by atoms with E-state index in [1.54, 1.807) is 0 Å². The number of phosphoric ester groups is 1. The summed E-state index contributed by atoms with van der Waals surface area (Å²) in [5.74, 6) is -0.887. The lowest BCUT2D eigenvalue weighted by atomic mass is 10.1. The molecule has 2 N–H and O–H groups in total. The first-order valence-electron chi connectivity index (χ1n) is 22.1. The minimum absolute atomic E-state index is 0.208. The molecule has 0 saturated heterocycles. The van der Waals surface area contributed by atoms with E-state index >= 15 is 0 Å². The molecule has 53 heavy (non-hydrogen) atoms. The van der Waals surface area contributed by atoms with Crippen LogP contribution >= 0.6 is 7.82 Å². The molecule has 0 aliphatic carbocycles. The monoisotopic (exact) mass is 771 g/mol. The molecule has 0 aromatic carbocycles. The molecule has 1 atom stereocenters. The quantitative estimate of drug-likeness (QED) is 0.0273. The number of carbonyl (C=O) groups is 2. The van der Waals surface area contributed by atoms with E-state index in [-0.39, 0.29) is 19.4 Å². The molecule has 0 fully saturated rings. The predicted molar refractivity (Wildman–Crippen MR) is 221 cm³/mol. The van der Waals surface area contributed by atoms with Crippen molar-refractivity contribution in [2.45, 2.75) is 232 Å². The van der Waals surface area contributed by atoms with Crippen molar-refractivity contribution in [3.8, 4) is 0 Å². The lowest BCUT2D eigenvalue weighted by Gasteiger charge is -2.18. The second kappa shape index (κ2) is 40.2. The maximum Gasteiger partial charge on any atom is 0.469 e. The van der Waals surface area contributed by atoms with Gasteiger partial charge >= 0.3 is 19.8 Å². The van der Waals surface area contributed by atoms with Crippen LogP contribution in [0.1, 0.15) is 226 Å². The normalized spacial score (nSPS) is 12.6. The highest BCUT2D eigenvalue weighted by molar-refractivity contribution is 7.46. The van der Waals surface area contributed by atoms with Crippen molar-refractivity contribution in [3.63, 3.8) is 0 Å². The van der Waals surface area contributed by atoms with E-state index in [0.29, 0.717) is 6.42 Å². The van der Waals surface area contributed by atoms with Crippen LogP contribution in [0.3, 0.4) is 0 Å². The van der Waals surface area contributed by atoms with Crippen LogP contribution in [-0.2, 0) is 28.2 Å². The van der Waals surface area contributed by atoms with Crippen LogP contribution in [0.2, 0.25) is 0 Å². The third kappa shape index (κ3) is 43.1. The van der Waals surface area contributed by atoms with Crippen molar-refractivity contribution in [2.75, 3.05) is 13.2 Å². The fraction of sp³-hybridized carbons (Fsp3) is 0.864. The second-order valence-electron chi connectivity index (χ2n) is 15.0. The maximum absolute atomic E-state index is 12.4. The Kier molecular flexibility index (Phi) is 39.1. The first kappa shape index (κ1) is 51.5. The Labute approximate surface area is 326 Å². The van der Waals surface area contributed by atoms with Crippen LogP contribution in [0, 0.1) is 0 Å². The zero-order valence-electron chi connectivity index (χ0n) is 34.4. The van der Waals surface area contributed by atoms with E-state index < -0.39 is 32.5 Å². The first-order valence-corrected chi connectivity index (χ1v) is 23.7. The van der Waals surface area contributed by atoms with Crippen molar-refractivity contribution in [2.24, 2.45) is 0 Å². The predicted octanol–water partition coefficient (Wildman–Crippen LogP) is 13.6. The minimum Gasteiger partial charge on any atom is -0.462 e. The van der Waals surface area contributed by atoms with E-state index in [0.717, 1.165) is 57.8 Å². The van der Waals surface area contributed by atoms with Gasteiger partial charge in [0.2, 0.25) is 0 Å². The first-order chi connectivity index (χ1) is 25.8. The minimum atomic E-state index is -4.75. The molecule has 0 aromatic rings. The van der Waals surface area contributed by atoms with Gasteiger partial charge in [-0.3, -0.25) is 14.1 Å². The zero-order valence-corrected chi connectivity index (χ0v) is 35.3. The maximum atomic E-state index is 12.4. The zero-order chi connectivity index (χ0) is 38.9. The lowest BCUT2D eigenvalue weighted by molar-refractivity contribution is -0.161. The number of unbranched alkanes of at least 4 members (excludes halogenated alkanes) is 27. The summed E-state index contributed by atoms with van der Waals surface area (Å²) in [6.07, 6.45) is 46.1. The van der Waals surface area contributed by atoms with Gasteiger partial charge in [-0.05, 0) is 64.2 Å². The van der Waals surface area contributed by atoms with Crippen molar-refractivity contribution in [3.05, 3.63) is 24.3 Å². The number of phosphoric acid groups is 1. The van der Waals surface area contributed by atoms with Gasteiger partial charge in [-0.1, -0.05) is 173 Å². The van der Waals surface area contributed by atoms with Gasteiger partial charge in [0.1, 0.15) is 6.61 Å². The van der Waals surface area contributed by atoms with E-state index in [9.17, 15) is 14.2 Å². The average Bonchev–Trinajstić information content (AvgIpc) is 3.13. The van der Waals surface area contributed by atoms with Crippen LogP contribution < -0.4 is 0 Å². The fourth-order valence-electron chi connectivity index (χ4n) is 6.36. The molecule has 0 aromatic heterocycles. The molecule has 0 aliphatic heterocycles. The van der Waals surface area contributed by atoms with E-state index in [1.807, 2.05) is 0 Å². The van der Waals surface area contributed by atoms with Crippen LogP contribution in [0.15, 0.2) is 24.3 Å². The molecule has 8 nitrogen and oxygen atoms in total. The van der Waals surface area contributed by atoms with Gasteiger partial charge in [-0.25, -0.2) is 4.57 Å². The number of rotatable bonds is 41. The number of carbonyl (C=O) groups excluding carboxylic acids is 2. The molecule has 0 bridgehead atoms. The summed E-state index contributed by atoms with van der Waals surface area (Å²) in [5, 5.41) is 0. The molecule has 0 spiro atoms. The molecule has 0 aliphatic rings. The van der Waals surface area contributed by atoms with Crippen LogP contribution in [0.4, 0.5) is 0 Å². The number of hydrogen-bond donors (Lipinski definition) is 2. The largest absolute Gasteiger partial charge is 0.469 e. The van der Waals surface area contributed by atoms with Crippen LogP contribution in [-0.4, -0.2) is 41.0 Å². The third-order valence-electron chi connectivity index (χ3n) is 9.69. The summed E-state index contributed by atoms with van der Waals surface area (Å²) in [6, 6.07) is 0. The van der Waals surface area contributed by atoms with Crippen molar-refractivity contribution < 1.29 is 37.9 Å². The molecule has 312 valence electrons. The van der Waals surface area contributed by atoms with Crippen LogP contribution in [0.5, 0.6) is 0 Å². The topological polar surface area (TPSA) is 119 Å². The van der Waals surface area contributed by atoms with Gasteiger partial charge in [0.25, 0.3) is 0 Å². The summed E-state index contributed by atoms with van der Waals surface area (Å²) in [7, 11) is -4.75. The summed E-state index contributed by atoms with van der Waals surface area (Å²) in [5.41, 5.74) is 0. The SMILES string of the molecule is CCCCCCCC/C=C\CCCCCCCCCC(=O)OCC(COP(=O)(O)O)OC(=O)CCCCCCCCC/C=C\CCCCCCCCC. The molecule has 0 saturated carbocycles. The Hall–Kier alpha value is -1.47. The highest BCUT2D eigenvalue weighted by Gasteiger charge is 2.22. The third-order valence-corrected chi connectivity index (χ3v) is 10.2. The average molecular weight is 771 g/mol. The molecule has 0 rings (SSSR count). The van der Waals surface area contributed by atoms with Crippen molar-refractivity contribution >= 4 is 19.8 Å². The summed E-state index contributed by atoms with van der Waals surface area (Å²) < 4.78 is 26.4. The molecule has 9 heteroatoms. The Bertz CT molecular complexity index is 915. The van der Waals surface area contributed by atoms with Gasteiger partial charge in [0.05, 0.1) is 6.61 Å². The fourth-order valence-corrected chi connectivity index (χ4v) is 6.72. The van der Waals surface area contributed by atoms with Crippen molar-refractivity contribution in [1.29, 1.82) is 0 Å². The highest BCUT2D eigenvalue weighted by atomic mass is 31.2. The Morgan fingerprint density at radius 1 is 0.472 bits per heavy atom. The van der Waals surface area contributed by atoms with Crippen LogP contribution in [0.25, 0.3) is 0 Å². The molecule has 0 heterocycles. The Morgan fingerprint density at radius 2 is 0.792 bits per heavy atom. The smallest absolute Gasteiger partial charge is 0.462 e. The molecule has 0 amide bonds. The number of allylic oxidation sites excluding steroid dienone is 4. The van der Waals surface area contributed by atoms with Gasteiger partial charge in [-0.15, -0.1) is 0 Å². The van der Waals surface area contributed by atoms with Gasteiger partial charge in [-0.2, -0.15) is 0 Å². The Morgan fingerprint density at radius 3 is 1.15 bits per heavy atom. The molecule has 0 radical (unpaired) electrons. The van der Waals surface area contributed by atoms with Crippen molar-refractivity contribution in [1.82, 2.24) is 0 Å². The number of hydrogen-bond acceptors (Lipinski definition) is 6. The summed E-state index contributed by atoms with van der Waals surface area (Å²) in [6.45, 7) is 3.69. The number of ether oxygens (including phenoxy) is 2.